The van der Waals surface area contributed by atoms with Gasteiger partial charge in [0, 0.05) is 12.6 Å². The van der Waals surface area contributed by atoms with E-state index in [0.717, 1.165) is 25.0 Å². The number of carbonyl (C=O) groups excluding carboxylic acids is 1. The van der Waals surface area contributed by atoms with Crippen LogP contribution < -0.4 is 0 Å². The fourth-order valence-electron chi connectivity index (χ4n) is 2.33. The quantitative estimate of drug-likeness (QED) is 0.718. The number of hydrogen-bond acceptors (Lipinski definition) is 4. The van der Waals surface area contributed by atoms with Gasteiger partial charge in [-0.05, 0) is 31.0 Å². The smallest absolute Gasteiger partial charge is 0.180 e. The number of phenols is 1. The lowest BCUT2D eigenvalue weighted by Gasteiger charge is -2.29. The number of carbonyl (C=O) groups is 1. The molecule has 0 fully saturated rings. The lowest BCUT2D eigenvalue weighted by atomic mass is 10.1. The van der Waals surface area contributed by atoms with Crippen molar-refractivity contribution in [1.82, 2.24) is 4.90 Å². The first kappa shape index (κ1) is 16.6. The van der Waals surface area contributed by atoms with Gasteiger partial charge in [0.05, 0.1) is 18.7 Å². The van der Waals surface area contributed by atoms with E-state index in [-0.39, 0.29) is 36.3 Å². The molecule has 0 radical (unpaired) electrons. The highest BCUT2D eigenvalue weighted by atomic mass is 19.1. The SMILES string of the molecule is CCC(CC)N(CCO)CC(=O)c1cc(F)ccc1O. The highest BCUT2D eigenvalue weighted by Gasteiger charge is 2.20. The van der Waals surface area contributed by atoms with E-state index in [1.807, 2.05) is 18.7 Å². The van der Waals surface area contributed by atoms with Crippen LogP contribution in [0.25, 0.3) is 0 Å². The number of aromatic hydroxyl groups is 1. The summed E-state index contributed by atoms with van der Waals surface area (Å²) in [7, 11) is 0. The summed E-state index contributed by atoms with van der Waals surface area (Å²) in [5.74, 6) is -1.12. The van der Waals surface area contributed by atoms with E-state index in [2.05, 4.69) is 0 Å². The Morgan fingerprint density at radius 1 is 1.35 bits per heavy atom. The van der Waals surface area contributed by atoms with E-state index >= 15 is 0 Å². The average Bonchev–Trinajstić information content (AvgIpc) is 2.43. The van der Waals surface area contributed by atoms with Crippen molar-refractivity contribution in [1.29, 1.82) is 0 Å². The predicted molar refractivity (Wildman–Crippen MR) is 75.4 cm³/mol. The van der Waals surface area contributed by atoms with Crippen molar-refractivity contribution in [3.63, 3.8) is 0 Å². The van der Waals surface area contributed by atoms with Crippen molar-refractivity contribution in [3.05, 3.63) is 29.6 Å². The molecule has 1 rings (SSSR count). The maximum atomic E-state index is 13.2. The highest BCUT2D eigenvalue weighted by molar-refractivity contribution is 6.00. The molecule has 0 aliphatic rings. The second kappa shape index (κ2) is 7.97. The van der Waals surface area contributed by atoms with Crippen LogP contribution in [0.5, 0.6) is 5.75 Å². The van der Waals surface area contributed by atoms with Crippen molar-refractivity contribution >= 4 is 5.78 Å². The molecule has 0 atom stereocenters. The van der Waals surface area contributed by atoms with Crippen LogP contribution in [0.1, 0.15) is 37.0 Å². The van der Waals surface area contributed by atoms with Gasteiger partial charge in [-0.1, -0.05) is 13.8 Å². The molecular weight excluding hydrogens is 261 g/mol. The third-order valence-electron chi connectivity index (χ3n) is 3.45. The molecule has 0 aromatic heterocycles. The Labute approximate surface area is 118 Å². The van der Waals surface area contributed by atoms with E-state index < -0.39 is 5.82 Å². The first-order chi connectivity index (χ1) is 9.53. The van der Waals surface area contributed by atoms with E-state index in [9.17, 15) is 14.3 Å². The molecule has 0 amide bonds. The monoisotopic (exact) mass is 283 g/mol. The summed E-state index contributed by atoms with van der Waals surface area (Å²) in [6.07, 6.45) is 1.72. The molecule has 0 unspecified atom stereocenters. The molecule has 1 aromatic rings. The first-order valence-corrected chi connectivity index (χ1v) is 6.90. The van der Waals surface area contributed by atoms with Gasteiger partial charge in [-0.25, -0.2) is 4.39 Å². The van der Waals surface area contributed by atoms with E-state index in [4.69, 9.17) is 5.11 Å². The fourth-order valence-corrected chi connectivity index (χ4v) is 2.33. The van der Waals surface area contributed by atoms with E-state index in [1.165, 1.54) is 6.07 Å². The van der Waals surface area contributed by atoms with E-state index in [0.29, 0.717) is 6.54 Å². The van der Waals surface area contributed by atoms with Crippen molar-refractivity contribution in [2.24, 2.45) is 0 Å². The van der Waals surface area contributed by atoms with Gasteiger partial charge in [-0.2, -0.15) is 0 Å². The number of rotatable bonds is 8. The number of halogens is 1. The standard InChI is InChI=1S/C15H22FNO3/c1-3-12(4-2)17(7-8-18)10-15(20)13-9-11(16)5-6-14(13)19/h5-6,9,12,18-19H,3-4,7-8,10H2,1-2H3. The molecule has 0 heterocycles. The number of Topliss-reactive ketones (excluding diaryl/α,β-unsaturated/α-hetero) is 1. The molecule has 20 heavy (non-hydrogen) atoms. The molecule has 2 N–H and O–H groups in total. The summed E-state index contributed by atoms with van der Waals surface area (Å²) in [6.45, 7) is 4.43. The summed E-state index contributed by atoms with van der Waals surface area (Å²) >= 11 is 0. The lowest BCUT2D eigenvalue weighted by Crippen LogP contribution is -2.40. The van der Waals surface area contributed by atoms with Crippen molar-refractivity contribution in [2.45, 2.75) is 32.7 Å². The minimum atomic E-state index is -0.553. The Morgan fingerprint density at radius 3 is 2.55 bits per heavy atom. The van der Waals surface area contributed by atoms with Gasteiger partial charge in [-0.3, -0.25) is 9.69 Å². The molecule has 1 aromatic carbocycles. The molecule has 5 heteroatoms. The summed E-state index contributed by atoms with van der Waals surface area (Å²) in [4.78, 5) is 14.1. The third kappa shape index (κ3) is 4.28. The second-order valence-electron chi connectivity index (χ2n) is 4.75. The summed E-state index contributed by atoms with van der Waals surface area (Å²) in [6, 6.07) is 3.51. The van der Waals surface area contributed by atoms with Crippen LogP contribution in [0.3, 0.4) is 0 Å². The number of aliphatic hydroxyl groups excluding tert-OH is 1. The molecule has 0 aliphatic carbocycles. The Morgan fingerprint density at radius 2 is 2.00 bits per heavy atom. The van der Waals surface area contributed by atoms with Gasteiger partial charge in [0.2, 0.25) is 0 Å². The molecule has 0 bridgehead atoms. The van der Waals surface area contributed by atoms with Crippen LogP contribution >= 0.6 is 0 Å². The number of benzene rings is 1. The minimum absolute atomic E-state index is 0.0149. The highest BCUT2D eigenvalue weighted by Crippen LogP contribution is 2.19. The van der Waals surface area contributed by atoms with Crippen LogP contribution in [0.2, 0.25) is 0 Å². The van der Waals surface area contributed by atoms with Crippen LogP contribution in [-0.2, 0) is 0 Å². The normalized spacial score (nSPS) is 11.3. The summed E-state index contributed by atoms with van der Waals surface area (Å²) < 4.78 is 13.2. The van der Waals surface area contributed by atoms with Gasteiger partial charge >= 0.3 is 0 Å². The zero-order chi connectivity index (χ0) is 15.1. The molecule has 4 nitrogen and oxygen atoms in total. The molecule has 0 spiro atoms. The van der Waals surface area contributed by atoms with Gasteiger partial charge < -0.3 is 10.2 Å². The number of nitrogens with zero attached hydrogens (tertiary/aromatic N) is 1. The maximum Gasteiger partial charge on any atom is 0.180 e. The number of ketones is 1. The molecular formula is C15H22FNO3. The third-order valence-corrected chi connectivity index (χ3v) is 3.45. The molecule has 0 aliphatic heterocycles. The average molecular weight is 283 g/mol. The zero-order valence-electron chi connectivity index (χ0n) is 12.0. The van der Waals surface area contributed by atoms with E-state index in [1.54, 1.807) is 0 Å². The van der Waals surface area contributed by atoms with Crippen molar-refractivity contribution < 1.29 is 19.4 Å². The van der Waals surface area contributed by atoms with Crippen molar-refractivity contribution in [2.75, 3.05) is 19.7 Å². The van der Waals surface area contributed by atoms with Crippen LogP contribution in [0.15, 0.2) is 18.2 Å². The van der Waals surface area contributed by atoms with Crippen molar-refractivity contribution in [3.8, 4) is 5.75 Å². The van der Waals surface area contributed by atoms with Crippen LogP contribution in [-0.4, -0.2) is 46.6 Å². The summed E-state index contributed by atoms with van der Waals surface area (Å²) in [5, 5.41) is 18.7. The maximum absolute atomic E-state index is 13.2. The number of phenolic OH excluding ortho intramolecular Hbond substituents is 1. The van der Waals surface area contributed by atoms with Crippen LogP contribution in [0, 0.1) is 5.82 Å². The fraction of sp³-hybridized carbons (Fsp3) is 0.533. The zero-order valence-corrected chi connectivity index (χ0v) is 12.0. The van der Waals surface area contributed by atoms with Gasteiger partial charge in [0.25, 0.3) is 0 Å². The minimum Gasteiger partial charge on any atom is -0.507 e. The first-order valence-electron chi connectivity index (χ1n) is 6.90. The predicted octanol–water partition coefficient (Wildman–Crippen LogP) is 2.20. The Hall–Kier alpha value is -1.46. The number of hydrogen-bond donors (Lipinski definition) is 2. The Bertz CT molecular complexity index is 447. The lowest BCUT2D eigenvalue weighted by molar-refractivity contribution is 0.0847. The van der Waals surface area contributed by atoms with Crippen LogP contribution in [0.4, 0.5) is 4.39 Å². The Kier molecular flexibility index (Phi) is 6.61. The Balaban J connectivity index is 2.87. The molecule has 112 valence electrons. The number of aliphatic hydroxyl groups is 1. The molecule has 0 saturated carbocycles. The largest absolute Gasteiger partial charge is 0.507 e. The second-order valence-corrected chi connectivity index (χ2v) is 4.75. The van der Waals surface area contributed by atoms with Gasteiger partial charge in [0.1, 0.15) is 11.6 Å². The topological polar surface area (TPSA) is 60.8 Å². The van der Waals surface area contributed by atoms with Gasteiger partial charge in [-0.15, -0.1) is 0 Å². The van der Waals surface area contributed by atoms with Gasteiger partial charge in [0.15, 0.2) is 5.78 Å². The summed E-state index contributed by atoms with van der Waals surface area (Å²) in [5.41, 5.74) is -0.0149. The molecule has 0 saturated heterocycles.